The molecule has 0 spiro atoms. The number of nitrogens with two attached hydrogens (primary N) is 1. The first kappa shape index (κ1) is 13.9. The number of hydrogen-bond donors (Lipinski definition) is 1. The van der Waals surface area contributed by atoms with Gasteiger partial charge < -0.3 is 10.5 Å². The fraction of sp³-hybridized carbons (Fsp3) is 1.00. The molecule has 1 heterocycles. The third-order valence-corrected chi connectivity index (χ3v) is 5.99. The molecule has 96 valence electrons. The molecule has 0 saturated carbocycles. The SMILES string of the molecule is CC(C)(C(N)CC1CCOCC1)S(C)(=O)=O. The summed E-state index contributed by atoms with van der Waals surface area (Å²) in [6.07, 6.45) is 4.02. The van der Waals surface area contributed by atoms with E-state index in [-0.39, 0.29) is 6.04 Å². The van der Waals surface area contributed by atoms with Crippen LogP contribution in [-0.2, 0) is 14.6 Å². The summed E-state index contributed by atoms with van der Waals surface area (Å²) >= 11 is 0. The maximum absolute atomic E-state index is 11.6. The van der Waals surface area contributed by atoms with Crippen LogP contribution < -0.4 is 5.73 Å². The van der Waals surface area contributed by atoms with Crippen LogP contribution in [0.5, 0.6) is 0 Å². The average Bonchev–Trinajstić information content (AvgIpc) is 2.17. The number of rotatable bonds is 4. The van der Waals surface area contributed by atoms with Gasteiger partial charge in [0.05, 0.1) is 4.75 Å². The first-order chi connectivity index (χ1) is 7.25. The van der Waals surface area contributed by atoms with E-state index in [1.807, 2.05) is 0 Å². The summed E-state index contributed by atoms with van der Waals surface area (Å²) < 4.78 is 27.7. The third-order valence-electron chi connectivity index (χ3n) is 3.78. The Hall–Kier alpha value is -0.130. The third kappa shape index (κ3) is 3.18. The Morgan fingerprint density at radius 3 is 2.31 bits per heavy atom. The van der Waals surface area contributed by atoms with Gasteiger partial charge in [0.15, 0.2) is 9.84 Å². The molecule has 0 radical (unpaired) electrons. The van der Waals surface area contributed by atoms with Gasteiger partial charge in [-0.15, -0.1) is 0 Å². The summed E-state index contributed by atoms with van der Waals surface area (Å²) in [4.78, 5) is 0. The summed E-state index contributed by atoms with van der Waals surface area (Å²) in [7, 11) is -3.11. The largest absolute Gasteiger partial charge is 0.381 e. The molecular formula is C11H23NO3S. The summed E-state index contributed by atoms with van der Waals surface area (Å²) in [5.74, 6) is 0.504. The Morgan fingerprint density at radius 2 is 1.88 bits per heavy atom. The molecule has 5 heteroatoms. The maximum Gasteiger partial charge on any atom is 0.154 e. The number of hydrogen-bond acceptors (Lipinski definition) is 4. The van der Waals surface area contributed by atoms with Gasteiger partial charge in [0.2, 0.25) is 0 Å². The minimum Gasteiger partial charge on any atom is -0.381 e. The maximum atomic E-state index is 11.6. The van der Waals surface area contributed by atoms with Crippen LogP contribution in [0, 0.1) is 5.92 Å². The fourth-order valence-electron chi connectivity index (χ4n) is 1.90. The first-order valence-electron chi connectivity index (χ1n) is 5.78. The lowest BCUT2D eigenvalue weighted by molar-refractivity contribution is 0.0608. The first-order valence-corrected chi connectivity index (χ1v) is 7.67. The Labute approximate surface area is 98.5 Å². The second-order valence-electron chi connectivity index (χ2n) is 5.27. The van der Waals surface area contributed by atoms with E-state index in [1.165, 1.54) is 6.26 Å². The lowest BCUT2D eigenvalue weighted by Crippen LogP contribution is -2.49. The van der Waals surface area contributed by atoms with Crippen LogP contribution in [0.25, 0.3) is 0 Å². The van der Waals surface area contributed by atoms with Crippen molar-refractivity contribution < 1.29 is 13.2 Å². The Bertz CT molecular complexity index is 318. The average molecular weight is 249 g/mol. The van der Waals surface area contributed by atoms with Crippen LogP contribution >= 0.6 is 0 Å². The van der Waals surface area contributed by atoms with Crippen molar-refractivity contribution in [3.8, 4) is 0 Å². The van der Waals surface area contributed by atoms with Crippen LogP contribution in [-0.4, -0.2) is 38.7 Å². The van der Waals surface area contributed by atoms with Crippen LogP contribution in [0.1, 0.15) is 33.1 Å². The van der Waals surface area contributed by atoms with Gasteiger partial charge >= 0.3 is 0 Å². The van der Waals surface area contributed by atoms with Gasteiger partial charge in [-0.05, 0) is 39.0 Å². The molecule has 1 aliphatic heterocycles. The van der Waals surface area contributed by atoms with Crippen molar-refractivity contribution in [3.05, 3.63) is 0 Å². The molecule has 1 atom stereocenters. The Kier molecular flexibility index (Phi) is 4.37. The zero-order valence-corrected chi connectivity index (χ0v) is 11.2. The highest BCUT2D eigenvalue weighted by molar-refractivity contribution is 7.92. The van der Waals surface area contributed by atoms with Crippen LogP contribution in [0.4, 0.5) is 0 Å². The standard InChI is InChI=1S/C11H23NO3S/c1-11(2,16(3,13)14)10(12)8-9-4-6-15-7-5-9/h9-10H,4-8,12H2,1-3H3. The molecule has 0 aromatic rings. The minimum absolute atomic E-state index is 0.300. The highest BCUT2D eigenvalue weighted by Crippen LogP contribution is 2.27. The van der Waals surface area contributed by atoms with E-state index in [4.69, 9.17) is 10.5 Å². The molecule has 16 heavy (non-hydrogen) atoms. The quantitative estimate of drug-likeness (QED) is 0.805. The molecule has 0 bridgehead atoms. The normalized spacial score (nSPS) is 22.0. The van der Waals surface area contributed by atoms with Gasteiger partial charge in [0.1, 0.15) is 0 Å². The van der Waals surface area contributed by atoms with Crippen molar-refractivity contribution in [1.82, 2.24) is 0 Å². The topological polar surface area (TPSA) is 69.4 Å². The van der Waals surface area contributed by atoms with Crippen molar-refractivity contribution in [3.63, 3.8) is 0 Å². The Morgan fingerprint density at radius 1 is 1.38 bits per heavy atom. The van der Waals surface area contributed by atoms with Gasteiger partial charge in [-0.1, -0.05) is 0 Å². The number of ether oxygens (including phenoxy) is 1. The van der Waals surface area contributed by atoms with Gasteiger partial charge in [0, 0.05) is 25.5 Å². The van der Waals surface area contributed by atoms with E-state index in [0.717, 1.165) is 32.5 Å². The smallest absolute Gasteiger partial charge is 0.154 e. The monoisotopic (exact) mass is 249 g/mol. The second-order valence-corrected chi connectivity index (χ2v) is 7.87. The molecule has 0 aromatic heterocycles. The highest BCUT2D eigenvalue weighted by Gasteiger charge is 2.37. The molecule has 2 N–H and O–H groups in total. The molecule has 0 aromatic carbocycles. The van der Waals surface area contributed by atoms with Crippen molar-refractivity contribution in [2.45, 2.75) is 43.9 Å². The van der Waals surface area contributed by atoms with Gasteiger partial charge in [-0.25, -0.2) is 8.42 Å². The van der Waals surface area contributed by atoms with Gasteiger partial charge in [-0.3, -0.25) is 0 Å². The molecule has 1 rings (SSSR count). The zero-order chi connectivity index (χ0) is 12.4. The van der Waals surface area contributed by atoms with Crippen molar-refractivity contribution in [1.29, 1.82) is 0 Å². The predicted octanol–water partition coefficient (Wildman–Crippen LogP) is 0.954. The van der Waals surface area contributed by atoms with E-state index >= 15 is 0 Å². The molecular weight excluding hydrogens is 226 g/mol. The van der Waals surface area contributed by atoms with E-state index < -0.39 is 14.6 Å². The van der Waals surface area contributed by atoms with E-state index in [9.17, 15) is 8.42 Å². The van der Waals surface area contributed by atoms with Gasteiger partial charge in [-0.2, -0.15) is 0 Å². The molecule has 0 amide bonds. The Balaban J connectivity index is 2.60. The molecule has 0 aliphatic carbocycles. The molecule has 1 saturated heterocycles. The lowest BCUT2D eigenvalue weighted by Gasteiger charge is -2.33. The fourth-order valence-corrected chi connectivity index (χ4v) is 2.55. The lowest BCUT2D eigenvalue weighted by atomic mass is 9.88. The summed E-state index contributed by atoms with van der Waals surface area (Å²) in [6.45, 7) is 4.98. The van der Waals surface area contributed by atoms with Crippen LogP contribution in [0.2, 0.25) is 0 Å². The zero-order valence-electron chi connectivity index (χ0n) is 10.4. The van der Waals surface area contributed by atoms with E-state index in [2.05, 4.69) is 0 Å². The molecule has 1 fully saturated rings. The second kappa shape index (κ2) is 5.02. The number of sulfone groups is 1. The van der Waals surface area contributed by atoms with Crippen molar-refractivity contribution in [2.24, 2.45) is 11.7 Å². The molecule has 1 unspecified atom stereocenters. The van der Waals surface area contributed by atoms with E-state index in [1.54, 1.807) is 13.8 Å². The van der Waals surface area contributed by atoms with Crippen molar-refractivity contribution >= 4 is 9.84 Å². The van der Waals surface area contributed by atoms with Crippen LogP contribution in [0.3, 0.4) is 0 Å². The highest BCUT2D eigenvalue weighted by atomic mass is 32.2. The van der Waals surface area contributed by atoms with Gasteiger partial charge in [0.25, 0.3) is 0 Å². The summed E-state index contributed by atoms with van der Waals surface area (Å²) in [6, 6.07) is -0.300. The predicted molar refractivity (Wildman–Crippen MR) is 65.1 cm³/mol. The molecule has 1 aliphatic rings. The van der Waals surface area contributed by atoms with Crippen molar-refractivity contribution in [2.75, 3.05) is 19.5 Å². The summed E-state index contributed by atoms with van der Waals surface area (Å²) in [5.41, 5.74) is 6.05. The van der Waals surface area contributed by atoms with Crippen LogP contribution in [0.15, 0.2) is 0 Å². The molecule has 4 nitrogen and oxygen atoms in total. The minimum atomic E-state index is -3.11. The van der Waals surface area contributed by atoms with E-state index in [0.29, 0.717) is 5.92 Å². The summed E-state index contributed by atoms with van der Waals surface area (Å²) in [5, 5.41) is 0.